The van der Waals surface area contributed by atoms with Gasteiger partial charge in [0.1, 0.15) is 11.6 Å². The molecule has 1 amide bonds. The molecule has 4 aromatic rings. The van der Waals surface area contributed by atoms with E-state index in [1.807, 2.05) is 67.4 Å². The van der Waals surface area contributed by atoms with Crippen molar-refractivity contribution in [1.29, 1.82) is 0 Å². The number of carbonyl (C=O) groups excluding carboxylic acids is 1. The lowest BCUT2D eigenvalue weighted by molar-refractivity contribution is 0.0737. The van der Waals surface area contributed by atoms with Crippen LogP contribution < -0.4 is 5.32 Å². The molecule has 1 aliphatic rings. The van der Waals surface area contributed by atoms with E-state index in [0.29, 0.717) is 43.5 Å². The predicted octanol–water partition coefficient (Wildman–Crippen LogP) is 3.21. The van der Waals surface area contributed by atoms with Crippen molar-refractivity contribution in [3.63, 3.8) is 0 Å². The van der Waals surface area contributed by atoms with Crippen LogP contribution in [0.3, 0.4) is 0 Å². The molecule has 4 heterocycles. The van der Waals surface area contributed by atoms with Crippen molar-refractivity contribution in [2.75, 3.05) is 31.6 Å². The Labute approximate surface area is 197 Å². The highest BCUT2D eigenvalue weighted by molar-refractivity contribution is 5.95. The van der Waals surface area contributed by atoms with Crippen molar-refractivity contribution in [2.24, 2.45) is 5.92 Å². The molecule has 0 aliphatic carbocycles. The Kier molecular flexibility index (Phi) is 6.18. The van der Waals surface area contributed by atoms with Crippen LogP contribution in [0.2, 0.25) is 0 Å². The molecule has 3 aromatic heterocycles. The zero-order chi connectivity index (χ0) is 23.5. The Bertz CT molecular complexity index is 1300. The number of imidazole rings is 1. The predicted molar refractivity (Wildman–Crippen MR) is 128 cm³/mol. The second-order valence-corrected chi connectivity index (χ2v) is 8.60. The third-order valence-corrected chi connectivity index (χ3v) is 5.78. The first kappa shape index (κ1) is 22.0. The number of nitrogens with one attached hydrogen (secondary N) is 1. The highest BCUT2D eigenvalue weighted by atomic mass is 16.5. The average Bonchev–Trinajstić information content (AvgIpc) is 3.15. The summed E-state index contributed by atoms with van der Waals surface area (Å²) < 4.78 is 7.60. The van der Waals surface area contributed by atoms with Crippen LogP contribution in [0.1, 0.15) is 27.6 Å². The maximum absolute atomic E-state index is 13.4. The van der Waals surface area contributed by atoms with Crippen LogP contribution >= 0.6 is 0 Å². The van der Waals surface area contributed by atoms with E-state index in [9.17, 15) is 4.79 Å². The Hall–Kier alpha value is -3.85. The van der Waals surface area contributed by atoms with Gasteiger partial charge in [0.15, 0.2) is 5.65 Å². The molecule has 9 nitrogen and oxygen atoms in total. The van der Waals surface area contributed by atoms with Crippen molar-refractivity contribution in [2.45, 2.75) is 20.3 Å². The monoisotopic (exact) mass is 457 g/mol. The molecule has 5 rings (SSSR count). The number of aryl methyl sites for hydroxylation is 2. The lowest BCUT2D eigenvalue weighted by Crippen LogP contribution is -2.36. The molecule has 1 saturated heterocycles. The van der Waals surface area contributed by atoms with Gasteiger partial charge in [-0.3, -0.25) is 4.79 Å². The second-order valence-electron chi connectivity index (χ2n) is 8.60. The van der Waals surface area contributed by atoms with Crippen LogP contribution in [-0.4, -0.2) is 61.7 Å². The third kappa shape index (κ3) is 5.04. The number of ether oxygens (including phenoxy) is 1. The third-order valence-electron chi connectivity index (χ3n) is 5.78. The Morgan fingerprint density at radius 1 is 1.18 bits per heavy atom. The van der Waals surface area contributed by atoms with Gasteiger partial charge in [0.05, 0.1) is 18.9 Å². The van der Waals surface area contributed by atoms with E-state index in [4.69, 9.17) is 4.74 Å². The van der Waals surface area contributed by atoms with Crippen LogP contribution in [0.5, 0.6) is 0 Å². The van der Waals surface area contributed by atoms with Crippen LogP contribution in [0, 0.1) is 19.8 Å². The number of nitrogens with zero attached hydrogens (tertiary/aromatic N) is 6. The van der Waals surface area contributed by atoms with E-state index in [1.165, 1.54) is 0 Å². The van der Waals surface area contributed by atoms with Gasteiger partial charge in [-0.1, -0.05) is 6.07 Å². The highest BCUT2D eigenvalue weighted by Gasteiger charge is 2.24. The molecule has 1 aromatic carbocycles. The van der Waals surface area contributed by atoms with Gasteiger partial charge in [0.2, 0.25) is 0 Å². The van der Waals surface area contributed by atoms with E-state index in [2.05, 4.69) is 25.4 Å². The van der Waals surface area contributed by atoms with Crippen LogP contribution in [-0.2, 0) is 11.2 Å². The SMILES string of the molecule is Cc1cc(Nc2cccc(C(=O)N3CCOCC(Cc4ccc5nccn5n4)C3)c2)nc(C)n1. The summed E-state index contributed by atoms with van der Waals surface area (Å²) >= 11 is 0. The number of aromatic nitrogens is 5. The van der Waals surface area contributed by atoms with E-state index < -0.39 is 0 Å². The first-order valence-corrected chi connectivity index (χ1v) is 11.4. The van der Waals surface area contributed by atoms with Crippen molar-refractivity contribution >= 4 is 23.1 Å². The lowest BCUT2D eigenvalue weighted by Gasteiger charge is -2.24. The number of amides is 1. The zero-order valence-electron chi connectivity index (χ0n) is 19.3. The summed E-state index contributed by atoms with van der Waals surface area (Å²) in [6, 6.07) is 13.4. The first-order valence-electron chi connectivity index (χ1n) is 11.4. The molecule has 0 spiro atoms. The van der Waals surface area contributed by atoms with E-state index in [0.717, 1.165) is 29.1 Å². The van der Waals surface area contributed by atoms with E-state index in [1.54, 1.807) is 10.7 Å². The molecule has 34 heavy (non-hydrogen) atoms. The fraction of sp³-hybridized carbons (Fsp3) is 0.320. The van der Waals surface area contributed by atoms with Gasteiger partial charge in [0, 0.05) is 54.4 Å². The summed E-state index contributed by atoms with van der Waals surface area (Å²) in [4.78, 5) is 28.2. The van der Waals surface area contributed by atoms with Crippen LogP contribution in [0.15, 0.2) is 54.9 Å². The molecule has 1 atom stereocenters. The van der Waals surface area contributed by atoms with Crippen LogP contribution in [0.25, 0.3) is 5.65 Å². The lowest BCUT2D eigenvalue weighted by atomic mass is 10.0. The van der Waals surface area contributed by atoms with Gasteiger partial charge >= 0.3 is 0 Å². The number of hydrogen-bond donors (Lipinski definition) is 1. The average molecular weight is 458 g/mol. The minimum atomic E-state index is -0.00720. The second kappa shape index (κ2) is 9.56. The molecule has 1 aliphatic heterocycles. The molecular weight excluding hydrogens is 430 g/mol. The first-order chi connectivity index (χ1) is 16.5. The maximum atomic E-state index is 13.4. The van der Waals surface area contributed by atoms with Crippen molar-refractivity contribution < 1.29 is 9.53 Å². The smallest absolute Gasteiger partial charge is 0.254 e. The summed E-state index contributed by atoms with van der Waals surface area (Å²) in [7, 11) is 0. The fourth-order valence-corrected chi connectivity index (χ4v) is 4.29. The van der Waals surface area contributed by atoms with Gasteiger partial charge in [-0.05, 0) is 50.6 Å². The normalized spacial score (nSPS) is 16.4. The number of anilines is 2. The van der Waals surface area contributed by atoms with Gasteiger partial charge in [-0.25, -0.2) is 19.5 Å². The fourth-order valence-electron chi connectivity index (χ4n) is 4.29. The van der Waals surface area contributed by atoms with Gasteiger partial charge in [0.25, 0.3) is 5.91 Å². The molecule has 1 N–H and O–H groups in total. The van der Waals surface area contributed by atoms with Crippen molar-refractivity contribution in [3.05, 3.63) is 77.6 Å². The van der Waals surface area contributed by atoms with Crippen LogP contribution in [0.4, 0.5) is 11.5 Å². The van der Waals surface area contributed by atoms with Gasteiger partial charge < -0.3 is 15.0 Å². The number of carbonyl (C=O) groups is 1. The summed E-state index contributed by atoms with van der Waals surface area (Å²) in [5, 5.41) is 7.92. The molecular formula is C25H27N7O2. The number of rotatable bonds is 5. The molecule has 1 fully saturated rings. The summed E-state index contributed by atoms with van der Waals surface area (Å²) in [5.41, 5.74) is 4.10. The number of benzene rings is 1. The largest absolute Gasteiger partial charge is 0.379 e. The highest BCUT2D eigenvalue weighted by Crippen LogP contribution is 2.20. The molecule has 0 bridgehead atoms. The summed E-state index contributed by atoms with van der Waals surface area (Å²) in [5.74, 6) is 1.56. The number of fused-ring (bicyclic) bond motifs is 1. The van der Waals surface area contributed by atoms with Crippen molar-refractivity contribution in [3.8, 4) is 0 Å². The number of hydrogen-bond acceptors (Lipinski definition) is 7. The molecule has 0 saturated carbocycles. The molecule has 0 radical (unpaired) electrons. The zero-order valence-corrected chi connectivity index (χ0v) is 19.3. The Balaban J connectivity index is 1.29. The van der Waals surface area contributed by atoms with Gasteiger partial charge in [-0.15, -0.1) is 0 Å². The van der Waals surface area contributed by atoms with Gasteiger partial charge in [-0.2, -0.15) is 5.10 Å². The summed E-state index contributed by atoms with van der Waals surface area (Å²) in [6.07, 6.45) is 4.30. The minimum Gasteiger partial charge on any atom is -0.379 e. The molecule has 1 unspecified atom stereocenters. The minimum absolute atomic E-state index is 0.00720. The molecule has 174 valence electrons. The maximum Gasteiger partial charge on any atom is 0.254 e. The van der Waals surface area contributed by atoms with E-state index in [-0.39, 0.29) is 11.8 Å². The topological polar surface area (TPSA) is 97.5 Å². The van der Waals surface area contributed by atoms with Crippen molar-refractivity contribution in [1.82, 2.24) is 29.5 Å². The standard InChI is InChI=1S/C25H27N7O2/c1-17-12-23(28-18(2)27-17)29-21-5-3-4-20(14-21)25(33)31-10-11-34-16-19(15-31)13-22-6-7-24-26-8-9-32(24)30-22/h3-9,12,14,19H,10-11,13,15-16H2,1-2H3,(H,27,28,29). The quantitative estimate of drug-likeness (QED) is 0.491. The summed E-state index contributed by atoms with van der Waals surface area (Å²) in [6.45, 7) is 6.09. The Morgan fingerprint density at radius 2 is 2.09 bits per heavy atom. The Morgan fingerprint density at radius 3 is 2.97 bits per heavy atom. The molecule has 9 heteroatoms. The van der Waals surface area contributed by atoms with E-state index >= 15 is 0 Å².